The fraction of sp³-hybridized carbons (Fsp3) is 0.250. The van der Waals surface area contributed by atoms with Crippen molar-refractivity contribution in [2.45, 2.75) is 18.7 Å². The number of nitrogens with zero attached hydrogens (tertiary/aromatic N) is 3. The van der Waals surface area contributed by atoms with Crippen LogP contribution in [0.1, 0.15) is 19.4 Å². The standard InChI is InChI=1S/C16H19N3O3S/c1-4-22-18-13(2)14-5-7-16(8-6-14)23(20,21)19(3)15-9-11-17-12-10-15/h5-12H,4H2,1-3H3. The van der Waals surface area contributed by atoms with Gasteiger partial charge in [0, 0.05) is 19.4 Å². The highest BCUT2D eigenvalue weighted by atomic mass is 32.2. The number of anilines is 1. The van der Waals surface area contributed by atoms with Crippen LogP contribution in [0.4, 0.5) is 5.69 Å². The molecule has 0 N–H and O–H groups in total. The number of sulfonamides is 1. The quantitative estimate of drug-likeness (QED) is 0.602. The van der Waals surface area contributed by atoms with Gasteiger partial charge in [-0.2, -0.15) is 0 Å². The molecule has 0 amide bonds. The predicted octanol–water partition coefficient (Wildman–Crippen LogP) is 2.67. The Morgan fingerprint density at radius 1 is 1.17 bits per heavy atom. The Balaban J connectivity index is 2.28. The van der Waals surface area contributed by atoms with E-state index in [1.807, 2.05) is 13.8 Å². The second-order valence-electron chi connectivity index (χ2n) is 4.80. The zero-order valence-corrected chi connectivity index (χ0v) is 14.1. The molecule has 122 valence electrons. The zero-order chi connectivity index (χ0) is 16.9. The van der Waals surface area contributed by atoms with Crippen LogP contribution in [0, 0.1) is 0 Å². The van der Waals surface area contributed by atoms with Gasteiger partial charge in [0.05, 0.1) is 16.3 Å². The summed E-state index contributed by atoms with van der Waals surface area (Å²) in [6, 6.07) is 9.84. The number of benzene rings is 1. The number of hydrogen-bond donors (Lipinski definition) is 0. The smallest absolute Gasteiger partial charge is 0.264 e. The summed E-state index contributed by atoms with van der Waals surface area (Å²) < 4.78 is 26.5. The van der Waals surface area contributed by atoms with Crippen molar-refractivity contribution in [3.05, 3.63) is 54.4 Å². The molecule has 0 bridgehead atoms. The van der Waals surface area contributed by atoms with Gasteiger partial charge in [0.2, 0.25) is 0 Å². The van der Waals surface area contributed by atoms with E-state index in [9.17, 15) is 8.42 Å². The van der Waals surface area contributed by atoms with Crippen LogP contribution in [0.5, 0.6) is 0 Å². The van der Waals surface area contributed by atoms with Gasteiger partial charge in [-0.3, -0.25) is 9.29 Å². The first-order valence-electron chi connectivity index (χ1n) is 7.12. The van der Waals surface area contributed by atoms with Gasteiger partial charge in [0.15, 0.2) is 0 Å². The van der Waals surface area contributed by atoms with E-state index in [-0.39, 0.29) is 4.90 Å². The third-order valence-electron chi connectivity index (χ3n) is 3.29. The molecule has 6 nitrogen and oxygen atoms in total. The number of oxime groups is 1. The van der Waals surface area contributed by atoms with Gasteiger partial charge < -0.3 is 4.84 Å². The molecule has 1 aromatic heterocycles. The molecule has 23 heavy (non-hydrogen) atoms. The topological polar surface area (TPSA) is 71.9 Å². The summed E-state index contributed by atoms with van der Waals surface area (Å²) in [5, 5.41) is 3.94. The van der Waals surface area contributed by atoms with E-state index in [4.69, 9.17) is 4.84 Å². The second kappa shape index (κ2) is 7.23. The van der Waals surface area contributed by atoms with Crippen LogP contribution in [0.2, 0.25) is 0 Å². The molecule has 1 aromatic carbocycles. The normalized spacial score (nSPS) is 12.0. The Morgan fingerprint density at radius 3 is 2.35 bits per heavy atom. The Labute approximate surface area is 136 Å². The first-order chi connectivity index (χ1) is 11.0. The summed E-state index contributed by atoms with van der Waals surface area (Å²) in [7, 11) is -2.10. The summed E-state index contributed by atoms with van der Waals surface area (Å²) in [4.78, 5) is 9.10. The van der Waals surface area contributed by atoms with E-state index >= 15 is 0 Å². The van der Waals surface area contributed by atoms with Gasteiger partial charge in [-0.25, -0.2) is 8.42 Å². The fourth-order valence-corrected chi connectivity index (χ4v) is 3.13. The van der Waals surface area contributed by atoms with Crippen LogP contribution < -0.4 is 4.31 Å². The maximum absolute atomic E-state index is 12.6. The molecule has 7 heteroatoms. The van der Waals surface area contributed by atoms with E-state index in [2.05, 4.69) is 10.1 Å². The monoisotopic (exact) mass is 333 g/mol. The number of hydrogen-bond acceptors (Lipinski definition) is 5. The van der Waals surface area contributed by atoms with Crippen molar-refractivity contribution in [1.82, 2.24) is 4.98 Å². The molecule has 0 aliphatic rings. The minimum absolute atomic E-state index is 0.213. The van der Waals surface area contributed by atoms with Gasteiger partial charge in [0.25, 0.3) is 10.0 Å². The lowest BCUT2D eigenvalue weighted by Crippen LogP contribution is -2.26. The van der Waals surface area contributed by atoms with Gasteiger partial charge in [-0.05, 0) is 43.7 Å². The lowest BCUT2D eigenvalue weighted by molar-refractivity contribution is 0.159. The third kappa shape index (κ3) is 3.87. The van der Waals surface area contributed by atoms with Gasteiger partial charge in [0.1, 0.15) is 6.61 Å². The molecule has 0 spiro atoms. The first kappa shape index (κ1) is 17.0. The van der Waals surface area contributed by atoms with E-state index in [1.165, 1.54) is 11.4 Å². The molecule has 0 saturated heterocycles. The molecule has 0 radical (unpaired) electrons. The van der Waals surface area contributed by atoms with Crippen molar-refractivity contribution < 1.29 is 13.3 Å². The molecule has 1 heterocycles. The molecule has 0 saturated carbocycles. The Hall–Kier alpha value is -2.41. The highest BCUT2D eigenvalue weighted by Gasteiger charge is 2.21. The molecule has 0 aliphatic heterocycles. The van der Waals surface area contributed by atoms with Crippen LogP contribution in [-0.4, -0.2) is 32.8 Å². The van der Waals surface area contributed by atoms with Crippen LogP contribution in [-0.2, 0) is 14.9 Å². The summed E-state index contributed by atoms with van der Waals surface area (Å²) in [6.07, 6.45) is 3.11. The number of aromatic nitrogens is 1. The number of rotatable bonds is 6. The second-order valence-corrected chi connectivity index (χ2v) is 6.77. The highest BCUT2D eigenvalue weighted by molar-refractivity contribution is 7.92. The molecule has 0 fully saturated rings. The van der Waals surface area contributed by atoms with Crippen LogP contribution in [0.3, 0.4) is 0 Å². The van der Waals surface area contributed by atoms with E-state index in [0.29, 0.717) is 18.0 Å². The van der Waals surface area contributed by atoms with Crippen LogP contribution >= 0.6 is 0 Å². The van der Waals surface area contributed by atoms with Gasteiger partial charge in [-0.1, -0.05) is 17.3 Å². The maximum Gasteiger partial charge on any atom is 0.264 e. The Kier molecular flexibility index (Phi) is 5.33. The minimum Gasteiger partial charge on any atom is -0.396 e. The van der Waals surface area contributed by atoms with Crippen molar-refractivity contribution in [3.63, 3.8) is 0 Å². The van der Waals surface area contributed by atoms with E-state index in [0.717, 1.165) is 5.56 Å². The zero-order valence-electron chi connectivity index (χ0n) is 13.3. The van der Waals surface area contributed by atoms with Crippen molar-refractivity contribution in [2.75, 3.05) is 18.0 Å². The molecule has 2 rings (SSSR count). The SMILES string of the molecule is CCON=C(C)c1ccc(S(=O)(=O)N(C)c2ccncc2)cc1. The molecule has 0 aliphatic carbocycles. The van der Waals surface area contributed by atoms with Crippen molar-refractivity contribution in [1.29, 1.82) is 0 Å². The van der Waals surface area contributed by atoms with Crippen LogP contribution in [0.15, 0.2) is 58.8 Å². The van der Waals surface area contributed by atoms with Crippen LogP contribution in [0.25, 0.3) is 0 Å². The lowest BCUT2D eigenvalue weighted by atomic mass is 10.1. The van der Waals surface area contributed by atoms with Crippen molar-refractivity contribution in [3.8, 4) is 0 Å². The van der Waals surface area contributed by atoms with Crippen molar-refractivity contribution >= 4 is 21.4 Å². The highest BCUT2D eigenvalue weighted by Crippen LogP contribution is 2.21. The average molecular weight is 333 g/mol. The van der Waals surface area contributed by atoms with E-state index in [1.54, 1.807) is 48.8 Å². The molecule has 0 atom stereocenters. The van der Waals surface area contributed by atoms with Gasteiger partial charge >= 0.3 is 0 Å². The Morgan fingerprint density at radius 2 is 1.78 bits per heavy atom. The largest absolute Gasteiger partial charge is 0.396 e. The summed E-state index contributed by atoms with van der Waals surface area (Å²) in [5.41, 5.74) is 2.06. The molecule has 0 unspecified atom stereocenters. The summed E-state index contributed by atoms with van der Waals surface area (Å²) >= 11 is 0. The predicted molar refractivity (Wildman–Crippen MR) is 90.1 cm³/mol. The third-order valence-corrected chi connectivity index (χ3v) is 5.09. The first-order valence-corrected chi connectivity index (χ1v) is 8.56. The lowest BCUT2D eigenvalue weighted by Gasteiger charge is -2.19. The summed E-state index contributed by atoms with van der Waals surface area (Å²) in [6.45, 7) is 4.14. The Bertz CT molecular complexity index is 772. The summed E-state index contributed by atoms with van der Waals surface area (Å²) in [5.74, 6) is 0. The van der Waals surface area contributed by atoms with Crippen molar-refractivity contribution in [2.24, 2.45) is 5.16 Å². The number of pyridine rings is 1. The molecular weight excluding hydrogens is 314 g/mol. The molecular formula is C16H19N3O3S. The maximum atomic E-state index is 12.6. The van der Waals surface area contributed by atoms with E-state index < -0.39 is 10.0 Å². The van der Waals surface area contributed by atoms with Gasteiger partial charge in [-0.15, -0.1) is 0 Å². The molecule has 2 aromatic rings. The average Bonchev–Trinajstić information content (AvgIpc) is 2.59. The minimum atomic E-state index is -3.62. The fourth-order valence-electron chi connectivity index (χ4n) is 1.93.